The number of fused-ring (bicyclic) bond motifs is 6. The lowest BCUT2D eigenvalue weighted by Gasteiger charge is -2.36. The van der Waals surface area contributed by atoms with Gasteiger partial charge in [0.25, 0.3) is 0 Å². The highest BCUT2D eigenvalue weighted by Crippen LogP contribution is 2.57. The summed E-state index contributed by atoms with van der Waals surface area (Å²) in [5, 5.41) is 22.9. The molecule has 0 atom stereocenters. The van der Waals surface area contributed by atoms with Gasteiger partial charge in [-0.3, -0.25) is 0 Å². The number of phenols is 2. The molecule has 2 aliphatic heterocycles. The van der Waals surface area contributed by atoms with Gasteiger partial charge in [0.05, 0.1) is 5.56 Å². The second kappa shape index (κ2) is 8.48. The van der Waals surface area contributed by atoms with Crippen molar-refractivity contribution in [3.63, 3.8) is 0 Å². The molecule has 0 saturated carbocycles. The number of carbonyl (C=O) groups excluding carboxylic acids is 2. The molecular weight excluding hydrogens is 462 g/mol. The molecule has 0 fully saturated rings. The van der Waals surface area contributed by atoms with Crippen LogP contribution in [0, 0.1) is 0 Å². The molecule has 1 spiro atoms. The van der Waals surface area contributed by atoms with E-state index in [0.29, 0.717) is 53.1 Å². The number of rotatable bonds is 4. The zero-order valence-electron chi connectivity index (χ0n) is 20.3. The number of alkyl carbamates (subject to hydrolysis) is 1. The fraction of sp³-hybridized carbons (Fsp3) is 0.286. The third kappa shape index (κ3) is 3.98. The first-order valence-electron chi connectivity index (χ1n) is 11.8. The molecule has 0 unspecified atom stereocenters. The van der Waals surface area contributed by atoms with Crippen molar-refractivity contribution >= 4 is 12.1 Å². The quantitative estimate of drug-likeness (QED) is 0.344. The minimum Gasteiger partial charge on any atom is -0.508 e. The number of esters is 1. The summed E-state index contributed by atoms with van der Waals surface area (Å²) in [6.45, 7) is 5.79. The molecule has 8 heteroatoms. The van der Waals surface area contributed by atoms with Gasteiger partial charge in [-0.25, -0.2) is 9.59 Å². The maximum Gasteiger partial charge on any atom is 0.407 e. The summed E-state index contributed by atoms with van der Waals surface area (Å²) in [5.74, 6) is 0.202. The van der Waals surface area contributed by atoms with E-state index in [4.69, 9.17) is 14.2 Å². The van der Waals surface area contributed by atoms with Gasteiger partial charge in [-0.05, 0) is 63.4 Å². The summed E-state index contributed by atoms with van der Waals surface area (Å²) in [5.41, 5.74) is 1.21. The Kier molecular flexibility index (Phi) is 5.54. The van der Waals surface area contributed by atoms with Crippen molar-refractivity contribution in [2.24, 2.45) is 0 Å². The summed E-state index contributed by atoms with van der Waals surface area (Å²) in [4.78, 5) is 25.3. The summed E-state index contributed by atoms with van der Waals surface area (Å²) in [6, 6.07) is 14.9. The average Bonchev–Trinajstić information content (AvgIpc) is 3.09. The lowest BCUT2D eigenvalue weighted by Crippen LogP contribution is -2.33. The van der Waals surface area contributed by atoms with E-state index in [1.54, 1.807) is 32.9 Å². The minimum absolute atomic E-state index is 0.00304. The fourth-order valence-corrected chi connectivity index (χ4v) is 4.81. The summed E-state index contributed by atoms with van der Waals surface area (Å²) >= 11 is 0. The molecule has 186 valence electrons. The highest BCUT2D eigenvalue weighted by molar-refractivity contribution is 5.98. The van der Waals surface area contributed by atoms with Crippen LogP contribution >= 0.6 is 0 Å². The van der Waals surface area contributed by atoms with E-state index in [1.807, 2.05) is 18.2 Å². The Morgan fingerprint density at radius 2 is 1.61 bits per heavy atom. The Bertz CT molecular complexity index is 1320. The molecule has 36 heavy (non-hydrogen) atoms. The van der Waals surface area contributed by atoms with E-state index in [-0.39, 0.29) is 11.5 Å². The molecular formula is C28H27NO7. The van der Waals surface area contributed by atoms with Gasteiger partial charge in [-0.15, -0.1) is 0 Å². The van der Waals surface area contributed by atoms with Crippen molar-refractivity contribution in [2.75, 3.05) is 6.54 Å². The van der Waals surface area contributed by atoms with E-state index in [0.717, 1.165) is 5.56 Å². The predicted molar refractivity (Wildman–Crippen MR) is 131 cm³/mol. The van der Waals surface area contributed by atoms with Crippen LogP contribution in [-0.4, -0.2) is 34.4 Å². The number of phenolic OH excluding ortho intramolecular Hbond substituents is 2. The third-order valence-corrected chi connectivity index (χ3v) is 6.18. The van der Waals surface area contributed by atoms with Crippen LogP contribution in [0.1, 0.15) is 59.8 Å². The van der Waals surface area contributed by atoms with Crippen molar-refractivity contribution in [1.82, 2.24) is 5.32 Å². The number of aromatic hydroxyl groups is 2. The Morgan fingerprint density at radius 1 is 0.972 bits per heavy atom. The van der Waals surface area contributed by atoms with Gasteiger partial charge in [0.1, 0.15) is 28.6 Å². The van der Waals surface area contributed by atoms with E-state index < -0.39 is 23.3 Å². The van der Waals surface area contributed by atoms with Crippen LogP contribution in [0.3, 0.4) is 0 Å². The van der Waals surface area contributed by atoms with Crippen molar-refractivity contribution in [3.05, 3.63) is 82.4 Å². The number of hydrogen-bond acceptors (Lipinski definition) is 7. The zero-order chi connectivity index (χ0) is 25.7. The van der Waals surface area contributed by atoms with Gasteiger partial charge in [-0.1, -0.05) is 18.2 Å². The van der Waals surface area contributed by atoms with E-state index in [2.05, 4.69) is 5.32 Å². The molecule has 0 saturated heterocycles. The number of amides is 1. The largest absolute Gasteiger partial charge is 0.508 e. The molecule has 0 bridgehead atoms. The number of benzene rings is 3. The molecule has 0 aliphatic carbocycles. The Morgan fingerprint density at radius 3 is 2.22 bits per heavy atom. The van der Waals surface area contributed by atoms with Crippen LogP contribution < -0.4 is 10.1 Å². The standard InChI is InChI=1S/C28H27NO7/c1-27(2,3)36-26(33)29-13-5-7-16-6-4-8-21-24(16)25(32)35-28(21)19-11-9-17(30)14-22(19)34-23-15-18(31)10-12-20(23)28/h4,6,8-12,14-15,30-31H,5,7,13H2,1-3H3,(H,29,33). The maximum atomic E-state index is 13.4. The molecule has 0 aromatic heterocycles. The van der Waals surface area contributed by atoms with Crippen molar-refractivity contribution in [3.8, 4) is 23.0 Å². The van der Waals surface area contributed by atoms with Crippen LogP contribution in [0.5, 0.6) is 23.0 Å². The molecule has 1 amide bonds. The van der Waals surface area contributed by atoms with Crippen LogP contribution in [-0.2, 0) is 21.5 Å². The summed E-state index contributed by atoms with van der Waals surface area (Å²) < 4.78 is 17.4. The van der Waals surface area contributed by atoms with Gasteiger partial charge < -0.3 is 29.7 Å². The lowest BCUT2D eigenvalue weighted by molar-refractivity contribution is 0.0223. The van der Waals surface area contributed by atoms with Gasteiger partial charge in [0.2, 0.25) is 0 Å². The Hall–Kier alpha value is -4.20. The van der Waals surface area contributed by atoms with Crippen LogP contribution in [0.15, 0.2) is 54.6 Å². The first-order chi connectivity index (χ1) is 17.1. The third-order valence-electron chi connectivity index (χ3n) is 6.18. The summed E-state index contributed by atoms with van der Waals surface area (Å²) in [7, 11) is 0. The van der Waals surface area contributed by atoms with Gasteiger partial charge in [0.15, 0.2) is 5.60 Å². The van der Waals surface area contributed by atoms with E-state index in [9.17, 15) is 19.8 Å². The van der Waals surface area contributed by atoms with E-state index in [1.165, 1.54) is 24.3 Å². The Labute approximate surface area is 208 Å². The zero-order valence-corrected chi connectivity index (χ0v) is 20.3. The molecule has 2 aliphatic rings. The number of carbonyl (C=O) groups is 2. The fourth-order valence-electron chi connectivity index (χ4n) is 4.81. The highest BCUT2D eigenvalue weighted by Gasteiger charge is 2.54. The second-order valence-electron chi connectivity index (χ2n) is 9.91. The number of ether oxygens (including phenoxy) is 3. The van der Waals surface area contributed by atoms with Gasteiger partial charge >= 0.3 is 12.1 Å². The van der Waals surface area contributed by atoms with Gasteiger partial charge in [-0.2, -0.15) is 0 Å². The number of aryl methyl sites for hydroxylation is 1. The van der Waals surface area contributed by atoms with Crippen LogP contribution in [0.2, 0.25) is 0 Å². The Balaban J connectivity index is 1.50. The topological polar surface area (TPSA) is 114 Å². The van der Waals surface area contributed by atoms with Crippen molar-refractivity contribution < 1.29 is 34.0 Å². The molecule has 3 N–H and O–H groups in total. The van der Waals surface area contributed by atoms with E-state index >= 15 is 0 Å². The summed E-state index contributed by atoms with van der Waals surface area (Å²) in [6.07, 6.45) is 0.639. The minimum atomic E-state index is -1.29. The van der Waals surface area contributed by atoms with Crippen LogP contribution in [0.25, 0.3) is 0 Å². The maximum absolute atomic E-state index is 13.4. The smallest absolute Gasteiger partial charge is 0.407 e. The predicted octanol–water partition coefficient (Wildman–Crippen LogP) is 5.12. The molecule has 3 aromatic rings. The van der Waals surface area contributed by atoms with Crippen molar-refractivity contribution in [2.45, 2.75) is 44.8 Å². The highest BCUT2D eigenvalue weighted by atomic mass is 16.6. The molecule has 3 aromatic carbocycles. The monoisotopic (exact) mass is 489 g/mol. The molecule has 5 rings (SSSR count). The second-order valence-corrected chi connectivity index (χ2v) is 9.91. The average molecular weight is 490 g/mol. The first kappa shape index (κ1) is 23.5. The first-order valence-corrected chi connectivity index (χ1v) is 11.8. The SMILES string of the molecule is CC(C)(C)OC(=O)NCCCc1cccc2c1C(=O)OC21c2ccc(O)cc2Oc2cc(O)ccc21. The normalized spacial score (nSPS) is 14.8. The van der Waals surface area contributed by atoms with Crippen molar-refractivity contribution in [1.29, 1.82) is 0 Å². The molecule has 8 nitrogen and oxygen atoms in total. The number of nitrogens with one attached hydrogen (secondary N) is 1. The number of hydrogen-bond donors (Lipinski definition) is 3. The lowest BCUT2D eigenvalue weighted by atomic mass is 9.77. The molecule has 2 heterocycles. The van der Waals surface area contributed by atoms with Gasteiger partial charge in [0, 0.05) is 35.4 Å². The molecule has 0 radical (unpaired) electrons. The van der Waals surface area contributed by atoms with Crippen LogP contribution in [0.4, 0.5) is 4.79 Å².